The highest BCUT2D eigenvalue weighted by Crippen LogP contribution is 2.41. The lowest BCUT2D eigenvalue weighted by Gasteiger charge is -2.29. The summed E-state index contributed by atoms with van der Waals surface area (Å²) >= 11 is 0. The monoisotopic (exact) mass is 452 g/mol. The van der Waals surface area contributed by atoms with Gasteiger partial charge in [-0.15, -0.1) is 0 Å². The van der Waals surface area contributed by atoms with Gasteiger partial charge in [-0.1, -0.05) is 18.2 Å². The second kappa shape index (κ2) is 8.96. The molecule has 1 aromatic heterocycles. The topological polar surface area (TPSA) is 72.2 Å². The van der Waals surface area contributed by atoms with E-state index in [2.05, 4.69) is 4.90 Å². The Balaban J connectivity index is 1.57. The van der Waals surface area contributed by atoms with E-state index in [-0.39, 0.29) is 28.2 Å². The van der Waals surface area contributed by atoms with E-state index in [0.717, 1.165) is 32.1 Å². The van der Waals surface area contributed by atoms with E-state index in [1.807, 2.05) is 18.2 Å². The molecule has 0 bridgehead atoms. The maximum atomic E-state index is 13.9. The summed E-state index contributed by atoms with van der Waals surface area (Å²) in [5.74, 6) is -0.289. The van der Waals surface area contributed by atoms with Crippen LogP contribution in [0.25, 0.3) is 11.0 Å². The largest absolute Gasteiger partial charge is 0.496 e. The van der Waals surface area contributed by atoms with Crippen LogP contribution in [0.5, 0.6) is 5.75 Å². The third-order valence-corrected chi connectivity index (χ3v) is 6.34. The van der Waals surface area contributed by atoms with E-state index in [0.29, 0.717) is 31.1 Å². The number of carbonyl (C=O) groups is 1. The zero-order chi connectivity index (χ0) is 22.9. The first-order valence-corrected chi connectivity index (χ1v) is 11.1. The molecule has 1 atom stereocenters. The fourth-order valence-corrected chi connectivity index (χ4v) is 4.73. The highest BCUT2D eigenvalue weighted by Gasteiger charge is 2.43. The summed E-state index contributed by atoms with van der Waals surface area (Å²) in [5.41, 5.74) is 0.726. The molecule has 8 heteroatoms. The average Bonchev–Trinajstić information content (AvgIpc) is 3.12. The van der Waals surface area contributed by atoms with Crippen LogP contribution in [-0.4, -0.2) is 62.2 Å². The second-order valence-electron chi connectivity index (χ2n) is 8.27. The lowest BCUT2D eigenvalue weighted by atomic mass is 9.97. The number of rotatable bonds is 6. The van der Waals surface area contributed by atoms with E-state index < -0.39 is 17.3 Å². The third kappa shape index (κ3) is 3.89. The Morgan fingerprint density at radius 1 is 1.09 bits per heavy atom. The smallest absolute Gasteiger partial charge is 0.290 e. The number of fused-ring (bicyclic) bond motifs is 2. The number of hydrogen-bond donors (Lipinski definition) is 0. The molecule has 0 unspecified atom stereocenters. The number of halogens is 1. The average molecular weight is 452 g/mol. The number of methoxy groups -OCH3 is 1. The first kappa shape index (κ1) is 21.6. The van der Waals surface area contributed by atoms with Gasteiger partial charge in [0.2, 0.25) is 5.76 Å². The standard InChI is InChI=1S/C25H25FN2O5/c1-31-19-6-3-2-5-17(19)22-21-23(29)18-15-16(26)7-8-20(18)33-24(21)25(30)28(22)10-4-9-27-11-13-32-14-12-27/h2-3,5-8,15,22H,4,9-14H2,1H3/t22-/m1/s1. The van der Waals surface area contributed by atoms with Crippen LogP contribution in [0.3, 0.4) is 0 Å². The van der Waals surface area contributed by atoms with E-state index in [4.69, 9.17) is 13.9 Å². The number of benzene rings is 2. The van der Waals surface area contributed by atoms with E-state index in [9.17, 15) is 14.0 Å². The van der Waals surface area contributed by atoms with Crippen molar-refractivity contribution in [2.24, 2.45) is 0 Å². The molecular weight excluding hydrogens is 427 g/mol. The van der Waals surface area contributed by atoms with E-state index in [1.54, 1.807) is 18.1 Å². The van der Waals surface area contributed by atoms with Gasteiger partial charge >= 0.3 is 0 Å². The van der Waals surface area contributed by atoms with Gasteiger partial charge in [0.15, 0.2) is 5.43 Å². The second-order valence-corrected chi connectivity index (χ2v) is 8.27. The normalized spacial score (nSPS) is 18.7. The summed E-state index contributed by atoms with van der Waals surface area (Å²) in [6.45, 7) is 4.39. The van der Waals surface area contributed by atoms with Crippen molar-refractivity contribution in [1.82, 2.24) is 9.80 Å². The molecule has 1 fully saturated rings. The van der Waals surface area contributed by atoms with Gasteiger partial charge in [0.1, 0.15) is 17.1 Å². The molecule has 0 radical (unpaired) electrons. The number of amides is 1. The third-order valence-electron chi connectivity index (χ3n) is 6.34. The zero-order valence-corrected chi connectivity index (χ0v) is 18.4. The molecule has 2 aliphatic rings. The number of morpholine rings is 1. The van der Waals surface area contributed by atoms with Gasteiger partial charge in [-0.05, 0) is 30.7 Å². The zero-order valence-electron chi connectivity index (χ0n) is 18.4. The van der Waals surface area contributed by atoms with Crippen LogP contribution in [0.2, 0.25) is 0 Å². The Hall–Kier alpha value is -3.23. The highest BCUT2D eigenvalue weighted by atomic mass is 19.1. The SMILES string of the molecule is COc1ccccc1[C@@H]1c2c(oc3ccc(F)cc3c2=O)C(=O)N1CCCN1CCOCC1. The molecule has 1 amide bonds. The minimum absolute atomic E-state index is 0.0152. The van der Waals surface area contributed by atoms with Crippen LogP contribution in [0.4, 0.5) is 4.39 Å². The fraction of sp³-hybridized carbons (Fsp3) is 0.360. The van der Waals surface area contributed by atoms with Crippen molar-refractivity contribution in [2.75, 3.05) is 46.5 Å². The van der Waals surface area contributed by atoms with E-state index in [1.165, 1.54) is 12.1 Å². The molecule has 33 heavy (non-hydrogen) atoms. The van der Waals surface area contributed by atoms with Gasteiger partial charge in [-0.25, -0.2) is 4.39 Å². The first-order valence-electron chi connectivity index (χ1n) is 11.1. The molecule has 3 aromatic rings. The summed E-state index contributed by atoms with van der Waals surface area (Å²) in [4.78, 5) is 30.9. The number of ether oxygens (including phenoxy) is 2. The Morgan fingerprint density at radius 3 is 2.67 bits per heavy atom. The highest BCUT2D eigenvalue weighted by molar-refractivity contribution is 5.99. The predicted octanol–water partition coefficient (Wildman–Crippen LogP) is 3.21. The molecule has 0 saturated carbocycles. The fourth-order valence-electron chi connectivity index (χ4n) is 4.73. The van der Waals surface area contributed by atoms with Crippen molar-refractivity contribution in [3.8, 4) is 5.75 Å². The van der Waals surface area contributed by atoms with Crippen LogP contribution >= 0.6 is 0 Å². The van der Waals surface area contributed by atoms with Crippen LogP contribution in [-0.2, 0) is 4.74 Å². The molecule has 5 rings (SSSR count). The summed E-state index contributed by atoms with van der Waals surface area (Å²) in [5, 5.41) is 0.122. The summed E-state index contributed by atoms with van der Waals surface area (Å²) in [6, 6.07) is 10.4. The lowest BCUT2D eigenvalue weighted by Crippen LogP contribution is -2.38. The van der Waals surface area contributed by atoms with Crippen molar-refractivity contribution in [2.45, 2.75) is 12.5 Å². The molecular formula is C25H25FN2O5. The van der Waals surface area contributed by atoms with E-state index >= 15 is 0 Å². The van der Waals surface area contributed by atoms with Gasteiger partial charge in [-0.2, -0.15) is 0 Å². The lowest BCUT2D eigenvalue weighted by molar-refractivity contribution is 0.0353. The van der Waals surface area contributed by atoms with Gasteiger partial charge in [0.25, 0.3) is 5.91 Å². The summed E-state index contributed by atoms with van der Waals surface area (Å²) in [7, 11) is 1.55. The van der Waals surface area contributed by atoms with Crippen LogP contribution < -0.4 is 10.2 Å². The van der Waals surface area contributed by atoms with Crippen molar-refractivity contribution in [3.05, 3.63) is 75.4 Å². The Kier molecular flexibility index (Phi) is 5.86. The number of hydrogen-bond acceptors (Lipinski definition) is 6. The maximum absolute atomic E-state index is 13.9. The number of carbonyl (C=O) groups excluding carboxylic acids is 1. The van der Waals surface area contributed by atoms with Gasteiger partial charge in [0, 0.05) is 31.7 Å². The molecule has 0 N–H and O–H groups in total. The summed E-state index contributed by atoms with van der Waals surface area (Å²) in [6.07, 6.45) is 0.730. The van der Waals surface area contributed by atoms with Crippen LogP contribution in [0.1, 0.15) is 34.1 Å². The minimum atomic E-state index is -0.669. The van der Waals surface area contributed by atoms with Crippen LogP contribution in [0, 0.1) is 5.82 Å². The summed E-state index contributed by atoms with van der Waals surface area (Å²) < 4.78 is 30.7. The molecule has 2 aliphatic heterocycles. The molecule has 7 nitrogen and oxygen atoms in total. The van der Waals surface area contributed by atoms with Crippen molar-refractivity contribution in [1.29, 1.82) is 0 Å². The minimum Gasteiger partial charge on any atom is -0.496 e. The predicted molar refractivity (Wildman–Crippen MR) is 120 cm³/mol. The van der Waals surface area contributed by atoms with Crippen LogP contribution in [0.15, 0.2) is 51.7 Å². The number of para-hydroxylation sites is 1. The molecule has 2 aromatic carbocycles. The van der Waals surface area contributed by atoms with Crippen molar-refractivity contribution in [3.63, 3.8) is 0 Å². The molecule has 0 spiro atoms. The Bertz CT molecular complexity index is 1250. The van der Waals surface area contributed by atoms with Crippen molar-refractivity contribution < 1.29 is 23.1 Å². The molecule has 1 saturated heterocycles. The number of nitrogens with zero attached hydrogens (tertiary/aromatic N) is 2. The van der Waals surface area contributed by atoms with Gasteiger partial charge in [0.05, 0.1) is 37.3 Å². The molecule has 172 valence electrons. The quantitative estimate of drug-likeness (QED) is 0.572. The maximum Gasteiger partial charge on any atom is 0.290 e. The Morgan fingerprint density at radius 2 is 1.88 bits per heavy atom. The first-order chi connectivity index (χ1) is 16.1. The van der Waals surface area contributed by atoms with Crippen molar-refractivity contribution >= 4 is 16.9 Å². The Labute approximate surface area is 190 Å². The molecule has 0 aliphatic carbocycles. The van der Waals surface area contributed by atoms with Gasteiger partial charge in [-0.3, -0.25) is 14.5 Å². The molecule has 3 heterocycles. The van der Waals surface area contributed by atoms with Gasteiger partial charge < -0.3 is 18.8 Å².